The van der Waals surface area contributed by atoms with Crippen molar-refractivity contribution in [3.63, 3.8) is 0 Å². The molecular weight excluding hydrogens is 128 g/mol. The van der Waals surface area contributed by atoms with Gasteiger partial charge in [0.25, 0.3) is 0 Å². The number of unbranched alkanes of at least 4 members (excludes halogenated alkanes) is 5. The Labute approximate surface area is 64.4 Å². The fourth-order valence-corrected chi connectivity index (χ4v) is 1.09. The lowest BCUT2D eigenvalue weighted by Crippen LogP contribution is -1.78. The van der Waals surface area contributed by atoms with E-state index in [0.717, 1.165) is 5.75 Å². The smallest absolute Gasteiger partial charge is 0.00369 e. The first kappa shape index (κ1) is 9.35. The Morgan fingerprint density at radius 3 is 2.00 bits per heavy atom. The van der Waals surface area contributed by atoms with Crippen molar-refractivity contribution in [3.8, 4) is 0 Å². The van der Waals surface area contributed by atoms with E-state index in [1.807, 2.05) is 0 Å². The van der Waals surface area contributed by atoms with E-state index in [2.05, 4.69) is 6.92 Å². The highest BCUT2D eigenvalue weighted by atomic mass is 32.1. The first-order valence-corrected chi connectivity index (χ1v) is 4.57. The molecule has 0 aromatic rings. The average Bonchev–Trinajstić information content (AvgIpc) is 1.89. The fourth-order valence-electron chi connectivity index (χ4n) is 0.882. The normalized spacial score (nSPS) is 10.0. The van der Waals surface area contributed by atoms with Crippen molar-refractivity contribution in [3.05, 3.63) is 0 Å². The van der Waals surface area contributed by atoms with Crippen molar-refractivity contribution in [2.75, 3.05) is 5.75 Å². The topological polar surface area (TPSA) is 0 Å². The molecule has 1 radical (unpaired) electrons. The van der Waals surface area contributed by atoms with Crippen molar-refractivity contribution in [1.82, 2.24) is 0 Å². The molecule has 55 valence electrons. The molecule has 0 aromatic heterocycles. The maximum Gasteiger partial charge on any atom is 0.00369 e. The molecule has 0 unspecified atom stereocenters. The highest BCUT2D eigenvalue weighted by molar-refractivity contribution is 7.80. The van der Waals surface area contributed by atoms with Gasteiger partial charge in [-0.3, -0.25) is 0 Å². The van der Waals surface area contributed by atoms with Gasteiger partial charge in [-0.05, 0) is 6.42 Å². The van der Waals surface area contributed by atoms with Gasteiger partial charge in [0.05, 0.1) is 0 Å². The summed E-state index contributed by atoms with van der Waals surface area (Å²) in [7, 11) is 0. The summed E-state index contributed by atoms with van der Waals surface area (Å²) < 4.78 is 0. The standard InChI is InChI=1S/C8H17S/c1-2-3-4-5-6-7-8-9/h2-8H2,1H3. The van der Waals surface area contributed by atoms with Crippen LogP contribution >= 0.6 is 12.6 Å². The molecular formula is C8H17S. The predicted molar refractivity (Wildman–Crippen MR) is 45.8 cm³/mol. The van der Waals surface area contributed by atoms with Crippen molar-refractivity contribution < 1.29 is 0 Å². The summed E-state index contributed by atoms with van der Waals surface area (Å²) in [4.78, 5) is 0. The third-order valence-corrected chi connectivity index (χ3v) is 1.79. The minimum absolute atomic E-state index is 0.951. The third kappa shape index (κ3) is 8.35. The Morgan fingerprint density at radius 1 is 0.889 bits per heavy atom. The summed E-state index contributed by atoms with van der Waals surface area (Å²) in [6, 6.07) is 0. The quantitative estimate of drug-likeness (QED) is 0.501. The van der Waals surface area contributed by atoms with E-state index in [-0.39, 0.29) is 0 Å². The third-order valence-electron chi connectivity index (χ3n) is 1.50. The summed E-state index contributed by atoms with van der Waals surface area (Å²) in [6.45, 7) is 2.24. The SMILES string of the molecule is CCCCCCCC[S]. The minimum atomic E-state index is 0.951. The van der Waals surface area contributed by atoms with Crippen LogP contribution in [0.5, 0.6) is 0 Å². The van der Waals surface area contributed by atoms with Gasteiger partial charge in [-0.25, -0.2) is 0 Å². The molecule has 1 heteroatoms. The molecule has 0 spiro atoms. The van der Waals surface area contributed by atoms with Crippen molar-refractivity contribution >= 4 is 12.6 Å². The van der Waals surface area contributed by atoms with Gasteiger partial charge < -0.3 is 0 Å². The van der Waals surface area contributed by atoms with Crippen LogP contribution in [0, 0.1) is 0 Å². The van der Waals surface area contributed by atoms with E-state index in [0.29, 0.717) is 0 Å². The second kappa shape index (κ2) is 8.35. The van der Waals surface area contributed by atoms with Gasteiger partial charge in [0.1, 0.15) is 0 Å². The Bertz CT molecular complexity index is 37.8. The molecule has 0 amide bonds. The van der Waals surface area contributed by atoms with Crippen LogP contribution in [0.1, 0.15) is 45.4 Å². The molecule has 0 saturated heterocycles. The first-order valence-electron chi connectivity index (χ1n) is 4.00. The summed E-state index contributed by atoms with van der Waals surface area (Å²) >= 11 is 4.83. The second-order valence-corrected chi connectivity index (χ2v) is 2.88. The molecule has 0 rings (SSSR count). The Balaban J connectivity index is 2.60. The van der Waals surface area contributed by atoms with Crippen LogP contribution in [0.2, 0.25) is 0 Å². The van der Waals surface area contributed by atoms with E-state index in [9.17, 15) is 0 Å². The molecule has 0 aromatic carbocycles. The van der Waals surface area contributed by atoms with Crippen LogP contribution in [0.3, 0.4) is 0 Å². The van der Waals surface area contributed by atoms with Gasteiger partial charge in [0.2, 0.25) is 0 Å². The second-order valence-electron chi connectivity index (χ2n) is 2.47. The molecule has 0 atom stereocenters. The van der Waals surface area contributed by atoms with E-state index < -0.39 is 0 Å². The van der Waals surface area contributed by atoms with Crippen molar-refractivity contribution in [1.29, 1.82) is 0 Å². The van der Waals surface area contributed by atoms with Crippen molar-refractivity contribution in [2.24, 2.45) is 0 Å². The zero-order chi connectivity index (χ0) is 6.95. The highest BCUT2D eigenvalue weighted by Crippen LogP contribution is 2.04. The number of hydrogen-bond acceptors (Lipinski definition) is 0. The van der Waals surface area contributed by atoms with Gasteiger partial charge in [-0.2, -0.15) is 0 Å². The molecule has 0 fully saturated rings. The van der Waals surface area contributed by atoms with E-state index in [1.165, 1.54) is 38.5 Å². The molecule has 0 heterocycles. The zero-order valence-electron chi connectivity index (χ0n) is 6.36. The summed E-state index contributed by atoms with van der Waals surface area (Å²) in [6.07, 6.45) is 8.14. The fraction of sp³-hybridized carbons (Fsp3) is 1.00. The van der Waals surface area contributed by atoms with Crippen LogP contribution in [-0.4, -0.2) is 5.75 Å². The Hall–Kier alpha value is 0.350. The first-order chi connectivity index (χ1) is 4.41. The maximum absolute atomic E-state index is 4.83. The van der Waals surface area contributed by atoms with E-state index in [4.69, 9.17) is 12.6 Å². The van der Waals surface area contributed by atoms with Crippen LogP contribution in [0.4, 0.5) is 0 Å². The molecule has 0 aliphatic carbocycles. The van der Waals surface area contributed by atoms with Crippen molar-refractivity contribution in [2.45, 2.75) is 45.4 Å². The molecule has 0 nitrogen and oxygen atoms in total. The largest absolute Gasteiger partial charge is 0.0942 e. The summed E-state index contributed by atoms with van der Waals surface area (Å²) in [5.74, 6) is 0.951. The lowest BCUT2D eigenvalue weighted by molar-refractivity contribution is 0.627. The zero-order valence-corrected chi connectivity index (χ0v) is 7.17. The number of hydrogen-bond donors (Lipinski definition) is 0. The monoisotopic (exact) mass is 145 g/mol. The highest BCUT2D eigenvalue weighted by Gasteiger charge is 1.86. The van der Waals surface area contributed by atoms with E-state index in [1.54, 1.807) is 0 Å². The Kier molecular flexibility index (Phi) is 8.67. The lowest BCUT2D eigenvalue weighted by atomic mass is 10.1. The lowest BCUT2D eigenvalue weighted by Gasteiger charge is -1.95. The van der Waals surface area contributed by atoms with Gasteiger partial charge in [-0.1, -0.05) is 51.7 Å². The van der Waals surface area contributed by atoms with Gasteiger partial charge in [0, 0.05) is 5.75 Å². The predicted octanol–water partition coefficient (Wildman–Crippen LogP) is 3.54. The van der Waals surface area contributed by atoms with Crippen LogP contribution in [0.25, 0.3) is 0 Å². The average molecular weight is 145 g/mol. The van der Waals surface area contributed by atoms with Crippen LogP contribution in [-0.2, 0) is 0 Å². The van der Waals surface area contributed by atoms with Gasteiger partial charge in [-0.15, -0.1) is 0 Å². The summed E-state index contributed by atoms with van der Waals surface area (Å²) in [5.41, 5.74) is 0. The molecule has 9 heavy (non-hydrogen) atoms. The van der Waals surface area contributed by atoms with E-state index >= 15 is 0 Å². The molecule has 0 aliphatic heterocycles. The molecule has 0 N–H and O–H groups in total. The maximum atomic E-state index is 4.83. The van der Waals surface area contributed by atoms with Crippen LogP contribution < -0.4 is 0 Å². The summed E-state index contributed by atoms with van der Waals surface area (Å²) in [5, 5.41) is 0. The Morgan fingerprint density at radius 2 is 1.44 bits per heavy atom. The van der Waals surface area contributed by atoms with Gasteiger partial charge in [0.15, 0.2) is 0 Å². The minimum Gasteiger partial charge on any atom is -0.0942 e. The molecule has 0 saturated carbocycles. The number of rotatable bonds is 6. The molecule has 0 aliphatic rings. The molecule has 0 bridgehead atoms. The van der Waals surface area contributed by atoms with Crippen LogP contribution in [0.15, 0.2) is 0 Å². The van der Waals surface area contributed by atoms with Gasteiger partial charge >= 0.3 is 0 Å².